The minimum absolute atomic E-state index is 0.392. The van der Waals surface area contributed by atoms with Crippen molar-refractivity contribution in [2.75, 3.05) is 7.11 Å². The molecular formula is C16H16ClNO3. The topological polar surface area (TPSA) is 51.0 Å². The standard InChI is InChI=1S/C16H16ClNO3/c1-11(18-19)13-6-7-15(16(9-13)20-2)21-10-12-4-3-5-14(17)8-12/h3-9,19H,10H2,1-2H3/b18-11+. The molecule has 0 saturated heterocycles. The van der Waals surface area contributed by atoms with Crippen molar-refractivity contribution in [3.8, 4) is 11.5 Å². The van der Waals surface area contributed by atoms with Crippen LogP contribution in [0, 0.1) is 0 Å². The monoisotopic (exact) mass is 305 g/mol. The molecule has 0 bridgehead atoms. The molecule has 5 heteroatoms. The number of rotatable bonds is 5. The Kier molecular flexibility index (Phi) is 5.06. The minimum Gasteiger partial charge on any atom is -0.493 e. The third kappa shape index (κ3) is 3.89. The average molecular weight is 306 g/mol. The SMILES string of the molecule is COc1cc(/C(C)=N/O)ccc1OCc1cccc(Cl)c1. The summed E-state index contributed by atoms with van der Waals surface area (Å²) in [6, 6.07) is 12.8. The third-order valence-electron chi connectivity index (χ3n) is 3.01. The Balaban J connectivity index is 2.16. The Bertz CT molecular complexity index is 656. The molecule has 2 aromatic rings. The quantitative estimate of drug-likeness (QED) is 0.513. The number of ether oxygens (including phenoxy) is 2. The van der Waals surface area contributed by atoms with E-state index in [2.05, 4.69) is 5.16 Å². The molecule has 110 valence electrons. The highest BCUT2D eigenvalue weighted by atomic mass is 35.5. The zero-order valence-corrected chi connectivity index (χ0v) is 12.6. The zero-order chi connectivity index (χ0) is 15.2. The first-order valence-electron chi connectivity index (χ1n) is 6.38. The second-order valence-electron chi connectivity index (χ2n) is 4.47. The normalized spacial score (nSPS) is 11.3. The van der Waals surface area contributed by atoms with Gasteiger partial charge in [-0.05, 0) is 42.8 Å². The Hall–Kier alpha value is -2.20. The van der Waals surface area contributed by atoms with Crippen LogP contribution in [0.15, 0.2) is 47.6 Å². The van der Waals surface area contributed by atoms with Crippen LogP contribution in [0.2, 0.25) is 5.02 Å². The Labute approximate surface area is 128 Å². The van der Waals surface area contributed by atoms with Crippen molar-refractivity contribution >= 4 is 17.3 Å². The van der Waals surface area contributed by atoms with Gasteiger partial charge >= 0.3 is 0 Å². The molecule has 21 heavy (non-hydrogen) atoms. The summed E-state index contributed by atoms with van der Waals surface area (Å²) in [6.07, 6.45) is 0. The van der Waals surface area contributed by atoms with E-state index in [0.29, 0.717) is 28.8 Å². The van der Waals surface area contributed by atoms with Gasteiger partial charge in [0.05, 0.1) is 12.8 Å². The van der Waals surface area contributed by atoms with Gasteiger partial charge in [-0.1, -0.05) is 28.9 Å². The van der Waals surface area contributed by atoms with E-state index in [-0.39, 0.29) is 0 Å². The van der Waals surface area contributed by atoms with Crippen molar-refractivity contribution in [3.05, 3.63) is 58.6 Å². The molecule has 4 nitrogen and oxygen atoms in total. The minimum atomic E-state index is 0.392. The zero-order valence-electron chi connectivity index (χ0n) is 11.8. The van der Waals surface area contributed by atoms with Gasteiger partial charge in [0.1, 0.15) is 6.61 Å². The van der Waals surface area contributed by atoms with Crippen LogP contribution in [0.5, 0.6) is 11.5 Å². The number of nitrogens with zero attached hydrogens (tertiary/aromatic N) is 1. The summed E-state index contributed by atoms with van der Waals surface area (Å²) in [4.78, 5) is 0. The van der Waals surface area contributed by atoms with E-state index in [9.17, 15) is 0 Å². The fourth-order valence-corrected chi connectivity index (χ4v) is 2.07. The van der Waals surface area contributed by atoms with Crippen LogP contribution in [0.4, 0.5) is 0 Å². The second-order valence-corrected chi connectivity index (χ2v) is 4.91. The van der Waals surface area contributed by atoms with Gasteiger partial charge < -0.3 is 14.7 Å². The molecule has 1 N–H and O–H groups in total. The number of halogens is 1. The lowest BCUT2D eigenvalue weighted by molar-refractivity contribution is 0.284. The van der Waals surface area contributed by atoms with Crippen molar-refractivity contribution in [1.82, 2.24) is 0 Å². The largest absolute Gasteiger partial charge is 0.493 e. The predicted molar refractivity (Wildman–Crippen MR) is 82.8 cm³/mol. The van der Waals surface area contributed by atoms with Crippen molar-refractivity contribution in [3.63, 3.8) is 0 Å². The van der Waals surface area contributed by atoms with Crippen molar-refractivity contribution in [1.29, 1.82) is 0 Å². The highest BCUT2D eigenvalue weighted by Crippen LogP contribution is 2.29. The molecule has 0 saturated carbocycles. The van der Waals surface area contributed by atoms with Crippen LogP contribution in [0.25, 0.3) is 0 Å². The van der Waals surface area contributed by atoms with Gasteiger partial charge in [0.25, 0.3) is 0 Å². The van der Waals surface area contributed by atoms with Crippen LogP contribution in [0.3, 0.4) is 0 Å². The first-order valence-corrected chi connectivity index (χ1v) is 6.76. The van der Waals surface area contributed by atoms with Crippen LogP contribution in [-0.4, -0.2) is 18.0 Å². The molecule has 2 aromatic carbocycles. The molecule has 0 amide bonds. The van der Waals surface area contributed by atoms with Gasteiger partial charge in [0.2, 0.25) is 0 Å². The Morgan fingerprint density at radius 3 is 2.67 bits per heavy atom. The molecule has 0 fully saturated rings. The number of oxime groups is 1. The lowest BCUT2D eigenvalue weighted by atomic mass is 10.1. The van der Waals surface area contributed by atoms with Gasteiger partial charge in [-0.15, -0.1) is 0 Å². The van der Waals surface area contributed by atoms with E-state index in [1.165, 1.54) is 0 Å². The van der Waals surface area contributed by atoms with E-state index in [0.717, 1.165) is 11.1 Å². The van der Waals surface area contributed by atoms with E-state index in [4.69, 9.17) is 26.3 Å². The highest BCUT2D eigenvalue weighted by molar-refractivity contribution is 6.30. The summed E-state index contributed by atoms with van der Waals surface area (Å²) >= 11 is 5.94. The van der Waals surface area contributed by atoms with E-state index in [1.54, 1.807) is 26.2 Å². The molecule has 2 rings (SSSR count). The fraction of sp³-hybridized carbons (Fsp3) is 0.188. The number of hydrogen-bond donors (Lipinski definition) is 1. The lowest BCUT2D eigenvalue weighted by Gasteiger charge is -2.12. The van der Waals surface area contributed by atoms with Gasteiger partial charge in [-0.25, -0.2) is 0 Å². The van der Waals surface area contributed by atoms with Crippen LogP contribution >= 0.6 is 11.6 Å². The fourth-order valence-electron chi connectivity index (χ4n) is 1.86. The van der Waals surface area contributed by atoms with Crippen LogP contribution < -0.4 is 9.47 Å². The van der Waals surface area contributed by atoms with Crippen molar-refractivity contribution in [2.24, 2.45) is 5.16 Å². The van der Waals surface area contributed by atoms with E-state index < -0.39 is 0 Å². The molecular weight excluding hydrogens is 290 g/mol. The second kappa shape index (κ2) is 6.99. The summed E-state index contributed by atoms with van der Waals surface area (Å²) in [5, 5.41) is 12.6. The summed E-state index contributed by atoms with van der Waals surface area (Å²) in [7, 11) is 1.57. The first-order chi connectivity index (χ1) is 10.1. The third-order valence-corrected chi connectivity index (χ3v) is 3.25. The molecule has 0 aliphatic carbocycles. The molecule has 0 atom stereocenters. The molecule has 0 radical (unpaired) electrons. The maximum atomic E-state index is 8.80. The van der Waals surface area contributed by atoms with Gasteiger partial charge in [0.15, 0.2) is 11.5 Å². The Morgan fingerprint density at radius 1 is 1.19 bits per heavy atom. The summed E-state index contributed by atoms with van der Waals surface area (Å²) in [6.45, 7) is 2.10. The highest BCUT2D eigenvalue weighted by Gasteiger charge is 2.08. The number of methoxy groups -OCH3 is 1. The van der Waals surface area contributed by atoms with Crippen LogP contribution in [-0.2, 0) is 6.61 Å². The number of benzene rings is 2. The maximum Gasteiger partial charge on any atom is 0.161 e. The van der Waals surface area contributed by atoms with Crippen molar-refractivity contribution < 1.29 is 14.7 Å². The summed E-state index contributed by atoms with van der Waals surface area (Å²) in [5.41, 5.74) is 2.25. The smallest absolute Gasteiger partial charge is 0.161 e. The average Bonchev–Trinajstić information content (AvgIpc) is 2.52. The predicted octanol–water partition coefficient (Wildman–Crippen LogP) is 4.13. The van der Waals surface area contributed by atoms with Crippen LogP contribution in [0.1, 0.15) is 18.1 Å². The molecule has 0 aromatic heterocycles. The lowest BCUT2D eigenvalue weighted by Crippen LogP contribution is -2.00. The first kappa shape index (κ1) is 15.2. The van der Waals surface area contributed by atoms with Gasteiger partial charge in [-0.2, -0.15) is 0 Å². The van der Waals surface area contributed by atoms with E-state index >= 15 is 0 Å². The van der Waals surface area contributed by atoms with Gasteiger partial charge in [0, 0.05) is 10.6 Å². The summed E-state index contributed by atoms with van der Waals surface area (Å²) < 4.78 is 11.1. The Morgan fingerprint density at radius 2 is 2.00 bits per heavy atom. The van der Waals surface area contributed by atoms with Crippen molar-refractivity contribution in [2.45, 2.75) is 13.5 Å². The molecule has 0 spiro atoms. The van der Waals surface area contributed by atoms with Gasteiger partial charge in [-0.3, -0.25) is 0 Å². The molecule has 0 unspecified atom stereocenters. The number of hydrogen-bond acceptors (Lipinski definition) is 4. The maximum absolute atomic E-state index is 8.80. The molecule has 0 heterocycles. The summed E-state index contributed by atoms with van der Waals surface area (Å²) in [5.74, 6) is 1.20. The molecule has 0 aliphatic heterocycles. The van der Waals surface area contributed by atoms with E-state index in [1.807, 2.05) is 30.3 Å². The molecule has 0 aliphatic rings.